The van der Waals surface area contributed by atoms with Crippen LogP contribution in [0.25, 0.3) is 0 Å². The first-order chi connectivity index (χ1) is 10.6. The fourth-order valence-electron chi connectivity index (χ4n) is 2.00. The van der Waals surface area contributed by atoms with Crippen LogP contribution in [0.3, 0.4) is 0 Å². The lowest BCUT2D eigenvalue weighted by Crippen LogP contribution is -2.38. The van der Waals surface area contributed by atoms with Gasteiger partial charge < -0.3 is 14.7 Å². The third kappa shape index (κ3) is 4.54. The van der Waals surface area contributed by atoms with Crippen LogP contribution in [-0.2, 0) is 13.1 Å². The lowest BCUT2D eigenvalue weighted by molar-refractivity contribution is 0.387. The third-order valence-electron chi connectivity index (χ3n) is 2.95. The third-order valence-corrected chi connectivity index (χ3v) is 2.95. The molecule has 0 fully saturated rings. The Morgan fingerprint density at radius 2 is 2.27 bits per heavy atom. The minimum atomic E-state index is -0.241. The molecule has 0 bridgehead atoms. The van der Waals surface area contributed by atoms with E-state index in [9.17, 15) is 4.39 Å². The molecule has 2 rings (SSSR count). The fraction of sp³-hybridized carbons (Fsp3) is 0.400. The number of nitrogens with one attached hydrogen (secondary N) is 1. The Bertz CT molecular complexity index is 640. The van der Waals surface area contributed by atoms with Crippen LogP contribution in [0, 0.1) is 12.7 Å². The van der Waals surface area contributed by atoms with Crippen molar-refractivity contribution in [2.45, 2.75) is 26.9 Å². The van der Waals surface area contributed by atoms with Crippen LogP contribution in [0.5, 0.6) is 0 Å². The standard InChI is InChI=1S/C15H20FN5O/c1-4-17-15(18-9-14-19-11(2)22-20-14)21(3)10-12-6-5-7-13(16)8-12/h5-8H,4,9-10H2,1-3H3,(H,17,18). The Labute approximate surface area is 129 Å². The van der Waals surface area contributed by atoms with Gasteiger partial charge in [0, 0.05) is 27.1 Å². The zero-order valence-electron chi connectivity index (χ0n) is 13.0. The number of benzene rings is 1. The zero-order chi connectivity index (χ0) is 15.9. The van der Waals surface area contributed by atoms with E-state index in [1.807, 2.05) is 24.9 Å². The van der Waals surface area contributed by atoms with Crippen LogP contribution in [0.1, 0.15) is 24.2 Å². The Balaban J connectivity index is 2.05. The van der Waals surface area contributed by atoms with Crippen LogP contribution in [0.15, 0.2) is 33.8 Å². The normalized spacial score (nSPS) is 11.5. The van der Waals surface area contributed by atoms with Crippen molar-refractivity contribution in [1.29, 1.82) is 0 Å². The molecule has 2 aromatic rings. The average Bonchev–Trinajstić information content (AvgIpc) is 2.89. The Hall–Kier alpha value is -2.44. The maximum absolute atomic E-state index is 13.2. The van der Waals surface area contributed by atoms with Gasteiger partial charge in [-0.25, -0.2) is 9.38 Å². The highest BCUT2D eigenvalue weighted by atomic mass is 19.1. The summed E-state index contributed by atoms with van der Waals surface area (Å²) in [6.45, 7) is 5.34. The van der Waals surface area contributed by atoms with E-state index in [0.29, 0.717) is 30.8 Å². The van der Waals surface area contributed by atoms with Gasteiger partial charge in [0.1, 0.15) is 12.4 Å². The highest BCUT2D eigenvalue weighted by Gasteiger charge is 2.08. The number of rotatable bonds is 5. The van der Waals surface area contributed by atoms with Crippen LogP contribution >= 0.6 is 0 Å². The minimum Gasteiger partial charge on any atom is -0.357 e. The smallest absolute Gasteiger partial charge is 0.223 e. The average molecular weight is 305 g/mol. The first-order valence-corrected chi connectivity index (χ1v) is 7.11. The number of aliphatic imine (C=N–C) groups is 1. The van der Waals surface area contributed by atoms with E-state index in [-0.39, 0.29) is 5.82 Å². The topological polar surface area (TPSA) is 66.5 Å². The van der Waals surface area contributed by atoms with Gasteiger partial charge in [-0.1, -0.05) is 17.3 Å². The van der Waals surface area contributed by atoms with E-state index >= 15 is 0 Å². The maximum atomic E-state index is 13.2. The van der Waals surface area contributed by atoms with Gasteiger partial charge in [0.2, 0.25) is 5.89 Å². The molecule has 7 heteroatoms. The van der Waals surface area contributed by atoms with Gasteiger partial charge >= 0.3 is 0 Å². The fourth-order valence-corrected chi connectivity index (χ4v) is 2.00. The summed E-state index contributed by atoms with van der Waals surface area (Å²) in [5.41, 5.74) is 0.878. The molecule has 0 saturated carbocycles. The first-order valence-electron chi connectivity index (χ1n) is 7.11. The first kappa shape index (κ1) is 15.9. The molecule has 0 amide bonds. The van der Waals surface area contributed by atoms with Crippen molar-refractivity contribution in [2.24, 2.45) is 4.99 Å². The summed E-state index contributed by atoms with van der Waals surface area (Å²) in [7, 11) is 1.90. The van der Waals surface area contributed by atoms with E-state index in [2.05, 4.69) is 20.4 Å². The molecule has 6 nitrogen and oxygen atoms in total. The van der Waals surface area contributed by atoms with E-state index in [0.717, 1.165) is 12.1 Å². The Kier molecular flexibility index (Phi) is 5.46. The summed E-state index contributed by atoms with van der Waals surface area (Å²) in [4.78, 5) is 10.5. The molecule has 118 valence electrons. The maximum Gasteiger partial charge on any atom is 0.223 e. The molecule has 0 saturated heterocycles. The van der Waals surface area contributed by atoms with Gasteiger partial charge in [0.15, 0.2) is 11.8 Å². The van der Waals surface area contributed by atoms with Gasteiger partial charge in [-0.15, -0.1) is 0 Å². The van der Waals surface area contributed by atoms with Crippen molar-refractivity contribution in [3.63, 3.8) is 0 Å². The van der Waals surface area contributed by atoms with Gasteiger partial charge in [-0.3, -0.25) is 0 Å². The molecule has 0 atom stereocenters. The van der Waals surface area contributed by atoms with E-state index in [1.54, 1.807) is 13.0 Å². The predicted molar refractivity (Wildman–Crippen MR) is 81.7 cm³/mol. The second-order valence-electron chi connectivity index (χ2n) is 4.89. The van der Waals surface area contributed by atoms with E-state index < -0.39 is 0 Å². The van der Waals surface area contributed by atoms with Crippen LogP contribution in [0.2, 0.25) is 0 Å². The molecular formula is C15H20FN5O. The molecule has 0 radical (unpaired) electrons. The van der Waals surface area contributed by atoms with Crippen molar-refractivity contribution in [2.75, 3.05) is 13.6 Å². The van der Waals surface area contributed by atoms with Crippen molar-refractivity contribution in [1.82, 2.24) is 20.4 Å². The second-order valence-corrected chi connectivity index (χ2v) is 4.89. The number of nitrogens with zero attached hydrogens (tertiary/aromatic N) is 4. The highest BCUT2D eigenvalue weighted by molar-refractivity contribution is 5.79. The summed E-state index contributed by atoms with van der Waals surface area (Å²) in [5.74, 6) is 1.51. The predicted octanol–water partition coefficient (Wildman–Crippen LogP) is 2.11. The zero-order valence-corrected chi connectivity index (χ0v) is 13.0. The van der Waals surface area contributed by atoms with E-state index in [4.69, 9.17) is 4.52 Å². The number of guanidine groups is 1. The quantitative estimate of drug-likeness (QED) is 0.677. The van der Waals surface area contributed by atoms with Crippen LogP contribution in [-0.4, -0.2) is 34.6 Å². The molecule has 0 spiro atoms. The molecule has 0 unspecified atom stereocenters. The molecular weight excluding hydrogens is 285 g/mol. The number of aromatic nitrogens is 2. The number of hydrogen-bond donors (Lipinski definition) is 1. The molecule has 0 aliphatic rings. The van der Waals surface area contributed by atoms with Crippen molar-refractivity contribution in [3.05, 3.63) is 47.4 Å². The van der Waals surface area contributed by atoms with Crippen LogP contribution < -0.4 is 5.32 Å². The summed E-state index contributed by atoms with van der Waals surface area (Å²) in [6, 6.07) is 6.53. The largest absolute Gasteiger partial charge is 0.357 e. The lowest BCUT2D eigenvalue weighted by Gasteiger charge is -2.22. The van der Waals surface area contributed by atoms with E-state index in [1.165, 1.54) is 12.1 Å². The van der Waals surface area contributed by atoms with Crippen molar-refractivity contribution in [3.8, 4) is 0 Å². The summed E-state index contributed by atoms with van der Waals surface area (Å²) in [6.07, 6.45) is 0. The SMILES string of the molecule is CCNC(=NCc1noc(C)n1)N(C)Cc1cccc(F)c1. The Morgan fingerprint density at radius 3 is 2.91 bits per heavy atom. The Morgan fingerprint density at radius 1 is 1.45 bits per heavy atom. The molecule has 22 heavy (non-hydrogen) atoms. The highest BCUT2D eigenvalue weighted by Crippen LogP contribution is 2.07. The molecule has 1 aromatic carbocycles. The molecule has 0 aliphatic heterocycles. The number of aryl methyl sites for hydroxylation is 1. The summed E-state index contributed by atoms with van der Waals surface area (Å²) in [5, 5.41) is 7.00. The van der Waals surface area contributed by atoms with Crippen LogP contribution in [0.4, 0.5) is 4.39 Å². The van der Waals surface area contributed by atoms with Gasteiger partial charge in [0.05, 0.1) is 0 Å². The number of halogens is 1. The van der Waals surface area contributed by atoms with Crippen molar-refractivity contribution >= 4 is 5.96 Å². The lowest BCUT2D eigenvalue weighted by atomic mass is 10.2. The monoisotopic (exact) mass is 305 g/mol. The summed E-state index contributed by atoms with van der Waals surface area (Å²) >= 11 is 0. The minimum absolute atomic E-state index is 0.241. The van der Waals surface area contributed by atoms with Gasteiger partial charge in [-0.05, 0) is 24.6 Å². The summed E-state index contributed by atoms with van der Waals surface area (Å²) < 4.78 is 18.2. The molecule has 1 N–H and O–H groups in total. The van der Waals surface area contributed by atoms with Gasteiger partial charge in [-0.2, -0.15) is 4.98 Å². The van der Waals surface area contributed by atoms with Crippen molar-refractivity contribution < 1.29 is 8.91 Å². The van der Waals surface area contributed by atoms with Gasteiger partial charge in [0.25, 0.3) is 0 Å². The second kappa shape index (κ2) is 7.53. The molecule has 1 heterocycles. The molecule has 0 aliphatic carbocycles. The molecule has 1 aromatic heterocycles. The number of hydrogen-bond acceptors (Lipinski definition) is 4.